The SMILES string of the molecule is CCCC(Nc1cc(C(F)(F)F)ccc1F)C(=O)OCC. The van der Waals surface area contributed by atoms with Gasteiger partial charge in [-0.15, -0.1) is 0 Å². The molecule has 0 bridgehead atoms. The number of carbonyl (C=O) groups is 1. The van der Waals surface area contributed by atoms with Crippen molar-refractivity contribution in [1.82, 2.24) is 0 Å². The summed E-state index contributed by atoms with van der Waals surface area (Å²) >= 11 is 0. The highest BCUT2D eigenvalue weighted by Crippen LogP contribution is 2.32. The Hall–Kier alpha value is -1.79. The van der Waals surface area contributed by atoms with Crippen LogP contribution in [0.25, 0.3) is 0 Å². The van der Waals surface area contributed by atoms with Crippen LogP contribution in [0.3, 0.4) is 0 Å². The third kappa shape index (κ3) is 4.91. The Morgan fingerprint density at radius 3 is 2.52 bits per heavy atom. The van der Waals surface area contributed by atoms with E-state index < -0.39 is 29.6 Å². The molecule has 0 fully saturated rings. The quantitative estimate of drug-likeness (QED) is 0.638. The summed E-state index contributed by atoms with van der Waals surface area (Å²) in [7, 11) is 0. The number of nitrogens with one attached hydrogen (secondary N) is 1. The molecule has 0 aromatic heterocycles. The zero-order valence-corrected chi connectivity index (χ0v) is 11.8. The number of alkyl halides is 3. The fourth-order valence-corrected chi connectivity index (χ4v) is 1.78. The normalized spacial score (nSPS) is 12.9. The second-order valence-corrected chi connectivity index (χ2v) is 4.43. The summed E-state index contributed by atoms with van der Waals surface area (Å²) in [4.78, 5) is 11.7. The largest absolute Gasteiger partial charge is 0.464 e. The van der Waals surface area contributed by atoms with E-state index in [0.717, 1.165) is 6.07 Å². The van der Waals surface area contributed by atoms with Crippen molar-refractivity contribution < 1.29 is 27.1 Å². The molecule has 0 saturated carbocycles. The van der Waals surface area contributed by atoms with Crippen LogP contribution in [0.5, 0.6) is 0 Å². The molecule has 1 aromatic rings. The van der Waals surface area contributed by atoms with Gasteiger partial charge in [0.25, 0.3) is 0 Å². The molecule has 0 spiro atoms. The van der Waals surface area contributed by atoms with Crippen LogP contribution in [0.1, 0.15) is 32.3 Å². The van der Waals surface area contributed by atoms with Gasteiger partial charge >= 0.3 is 12.1 Å². The molecule has 3 nitrogen and oxygen atoms in total. The van der Waals surface area contributed by atoms with E-state index in [4.69, 9.17) is 4.74 Å². The fourth-order valence-electron chi connectivity index (χ4n) is 1.78. The van der Waals surface area contributed by atoms with Crippen molar-refractivity contribution in [1.29, 1.82) is 0 Å². The number of ether oxygens (including phenoxy) is 1. The second-order valence-electron chi connectivity index (χ2n) is 4.43. The van der Waals surface area contributed by atoms with Crippen molar-refractivity contribution in [2.45, 2.75) is 38.9 Å². The molecule has 0 radical (unpaired) electrons. The maximum Gasteiger partial charge on any atom is 0.416 e. The van der Waals surface area contributed by atoms with Gasteiger partial charge in [-0.2, -0.15) is 13.2 Å². The Morgan fingerprint density at radius 2 is 2.00 bits per heavy atom. The number of rotatable bonds is 6. The standard InChI is InChI=1S/C14H17F4NO2/c1-3-5-11(13(20)21-4-2)19-12-8-9(14(16,17)18)6-7-10(12)15/h6-8,11,19H,3-5H2,1-2H3. The van der Waals surface area contributed by atoms with Crippen LogP contribution in [0.4, 0.5) is 23.2 Å². The summed E-state index contributed by atoms with van der Waals surface area (Å²) < 4.78 is 56.3. The Bertz CT molecular complexity index is 488. The number of halogens is 4. The molecule has 0 heterocycles. The van der Waals surface area contributed by atoms with Crippen molar-refractivity contribution in [3.63, 3.8) is 0 Å². The molecule has 0 amide bonds. The lowest BCUT2D eigenvalue weighted by molar-refractivity contribution is -0.144. The molecule has 0 aliphatic carbocycles. The zero-order valence-electron chi connectivity index (χ0n) is 11.8. The summed E-state index contributed by atoms with van der Waals surface area (Å²) in [5.41, 5.74) is -1.35. The summed E-state index contributed by atoms with van der Waals surface area (Å²) in [5.74, 6) is -1.47. The van der Waals surface area contributed by atoms with Gasteiger partial charge in [-0.05, 0) is 31.5 Å². The molecule has 1 rings (SSSR count). The number of anilines is 1. The Kier molecular flexibility index (Phi) is 5.99. The average molecular weight is 307 g/mol. The van der Waals surface area contributed by atoms with Gasteiger partial charge in [0.05, 0.1) is 17.9 Å². The average Bonchev–Trinajstić information content (AvgIpc) is 2.39. The van der Waals surface area contributed by atoms with Gasteiger partial charge in [0.2, 0.25) is 0 Å². The third-order valence-electron chi connectivity index (χ3n) is 2.77. The van der Waals surface area contributed by atoms with E-state index in [1.807, 2.05) is 0 Å². The first-order valence-corrected chi connectivity index (χ1v) is 6.59. The van der Waals surface area contributed by atoms with Gasteiger partial charge < -0.3 is 10.1 Å². The third-order valence-corrected chi connectivity index (χ3v) is 2.77. The molecular formula is C14H17F4NO2. The predicted octanol–water partition coefficient (Wildman–Crippen LogP) is 3.99. The lowest BCUT2D eigenvalue weighted by Gasteiger charge is -2.19. The number of hydrogen-bond donors (Lipinski definition) is 1. The summed E-state index contributed by atoms with van der Waals surface area (Å²) in [6.45, 7) is 3.56. The van der Waals surface area contributed by atoms with E-state index in [2.05, 4.69) is 5.32 Å². The Labute approximate surface area is 120 Å². The van der Waals surface area contributed by atoms with Gasteiger partial charge in [-0.3, -0.25) is 0 Å². The van der Waals surface area contributed by atoms with Crippen molar-refractivity contribution in [2.75, 3.05) is 11.9 Å². The van der Waals surface area contributed by atoms with Gasteiger partial charge in [0, 0.05) is 0 Å². The van der Waals surface area contributed by atoms with Crippen LogP contribution in [0.2, 0.25) is 0 Å². The minimum absolute atomic E-state index is 0.145. The second kappa shape index (κ2) is 7.28. The molecule has 7 heteroatoms. The minimum atomic E-state index is -4.58. The fraction of sp³-hybridized carbons (Fsp3) is 0.500. The molecule has 118 valence electrons. The first-order chi connectivity index (χ1) is 9.79. The molecule has 1 atom stereocenters. The Balaban J connectivity index is 3.00. The summed E-state index contributed by atoms with van der Waals surface area (Å²) in [5, 5.41) is 2.50. The predicted molar refractivity (Wildman–Crippen MR) is 70.4 cm³/mol. The molecule has 0 aliphatic heterocycles. The first-order valence-electron chi connectivity index (χ1n) is 6.59. The van der Waals surface area contributed by atoms with Crippen molar-refractivity contribution in [3.8, 4) is 0 Å². The molecule has 1 aromatic carbocycles. The van der Waals surface area contributed by atoms with E-state index in [1.165, 1.54) is 0 Å². The van der Waals surface area contributed by atoms with Crippen LogP contribution >= 0.6 is 0 Å². The highest BCUT2D eigenvalue weighted by molar-refractivity contribution is 5.79. The molecular weight excluding hydrogens is 290 g/mol. The van der Waals surface area contributed by atoms with E-state index in [1.54, 1.807) is 13.8 Å². The van der Waals surface area contributed by atoms with Crippen molar-refractivity contribution in [3.05, 3.63) is 29.6 Å². The van der Waals surface area contributed by atoms with Gasteiger partial charge in [-0.25, -0.2) is 9.18 Å². The highest BCUT2D eigenvalue weighted by Gasteiger charge is 2.31. The number of carbonyl (C=O) groups excluding carboxylic acids is 1. The monoisotopic (exact) mass is 307 g/mol. The van der Waals surface area contributed by atoms with Crippen LogP contribution in [0.15, 0.2) is 18.2 Å². The maximum atomic E-state index is 13.6. The molecule has 21 heavy (non-hydrogen) atoms. The van der Waals surface area contributed by atoms with Crippen LogP contribution in [0, 0.1) is 5.82 Å². The van der Waals surface area contributed by atoms with E-state index in [9.17, 15) is 22.4 Å². The number of hydrogen-bond acceptors (Lipinski definition) is 3. The lowest BCUT2D eigenvalue weighted by atomic mass is 10.1. The minimum Gasteiger partial charge on any atom is -0.464 e. The van der Waals surface area contributed by atoms with Crippen LogP contribution in [-0.2, 0) is 15.7 Å². The van der Waals surface area contributed by atoms with E-state index in [-0.39, 0.29) is 12.3 Å². The highest BCUT2D eigenvalue weighted by atomic mass is 19.4. The molecule has 0 aliphatic rings. The molecule has 0 saturated heterocycles. The summed E-state index contributed by atoms with van der Waals surface area (Å²) in [6.07, 6.45) is -3.65. The van der Waals surface area contributed by atoms with Gasteiger partial charge in [0.15, 0.2) is 0 Å². The lowest BCUT2D eigenvalue weighted by Crippen LogP contribution is -2.31. The molecule has 1 unspecified atom stereocenters. The van der Waals surface area contributed by atoms with Crippen LogP contribution in [-0.4, -0.2) is 18.6 Å². The summed E-state index contributed by atoms with van der Waals surface area (Å²) in [6, 6.07) is 1.14. The Morgan fingerprint density at radius 1 is 1.33 bits per heavy atom. The topological polar surface area (TPSA) is 38.3 Å². The maximum absolute atomic E-state index is 13.6. The van der Waals surface area contributed by atoms with Gasteiger partial charge in [-0.1, -0.05) is 13.3 Å². The van der Waals surface area contributed by atoms with Crippen molar-refractivity contribution in [2.24, 2.45) is 0 Å². The van der Waals surface area contributed by atoms with Crippen LogP contribution < -0.4 is 5.32 Å². The smallest absolute Gasteiger partial charge is 0.416 e. The van der Waals surface area contributed by atoms with E-state index in [0.29, 0.717) is 25.0 Å². The van der Waals surface area contributed by atoms with Crippen molar-refractivity contribution >= 4 is 11.7 Å². The van der Waals surface area contributed by atoms with Gasteiger partial charge in [0.1, 0.15) is 11.9 Å². The molecule has 1 N–H and O–H groups in total. The number of esters is 1. The first kappa shape index (κ1) is 17.3. The number of benzene rings is 1. The zero-order chi connectivity index (χ0) is 16.0. The van der Waals surface area contributed by atoms with E-state index >= 15 is 0 Å².